The molecule has 0 saturated carbocycles. The minimum Gasteiger partial charge on any atom is -0.368 e. The van der Waals surface area contributed by atoms with Crippen molar-refractivity contribution in [3.05, 3.63) is 28.7 Å². The number of carbonyl (C=O) groups is 2. The first-order valence-electron chi connectivity index (χ1n) is 6.06. The molecule has 0 aliphatic heterocycles. The molecule has 0 aliphatic carbocycles. The third-order valence-electron chi connectivity index (χ3n) is 2.91. The zero-order chi connectivity index (χ0) is 14.4. The number of benzene rings is 1. The van der Waals surface area contributed by atoms with E-state index in [1.807, 2.05) is 26.0 Å². The molecule has 0 saturated heterocycles. The number of hydrogen-bond donors (Lipinski definition) is 3. The molecule has 0 aliphatic rings. The topological polar surface area (TPSA) is 84.2 Å². The zero-order valence-corrected chi connectivity index (χ0v) is 12.5. The molecule has 6 heteroatoms. The number of primary amides is 1. The second-order valence-electron chi connectivity index (χ2n) is 4.37. The van der Waals surface area contributed by atoms with E-state index in [1.165, 1.54) is 0 Å². The minimum atomic E-state index is -0.666. The number of nitrogens with one attached hydrogen (secondary N) is 2. The summed E-state index contributed by atoms with van der Waals surface area (Å²) < 4.78 is 0.924. The molecule has 0 fully saturated rings. The number of halogens is 1. The van der Waals surface area contributed by atoms with E-state index in [0.29, 0.717) is 5.69 Å². The molecule has 19 heavy (non-hydrogen) atoms. The molecule has 3 amide bonds. The number of carbonyl (C=O) groups excluding carboxylic acids is 2. The number of hydrogen-bond acceptors (Lipinski definition) is 2. The van der Waals surface area contributed by atoms with E-state index in [2.05, 4.69) is 26.6 Å². The van der Waals surface area contributed by atoms with Gasteiger partial charge in [-0.3, -0.25) is 4.79 Å². The van der Waals surface area contributed by atoms with E-state index in [-0.39, 0.29) is 5.92 Å². The highest BCUT2D eigenvalue weighted by Gasteiger charge is 2.23. The lowest BCUT2D eigenvalue weighted by Gasteiger charge is -2.21. The van der Waals surface area contributed by atoms with Crippen molar-refractivity contribution in [3.8, 4) is 0 Å². The maximum absolute atomic E-state index is 11.8. The molecule has 5 nitrogen and oxygen atoms in total. The fourth-order valence-corrected chi connectivity index (χ4v) is 1.84. The Morgan fingerprint density at radius 1 is 1.32 bits per heavy atom. The summed E-state index contributed by atoms with van der Waals surface area (Å²) in [4.78, 5) is 23.1. The molecule has 0 radical (unpaired) electrons. The summed E-state index contributed by atoms with van der Waals surface area (Å²) in [6.45, 7) is 3.81. The van der Waals surface area contributed by atoms with Crippen LogP contribution >= 0.6 is 15.9 Å². The molecule has 4 N–H and O–H groups in total. The Hall–Kier alpha value is -1.56. The van der Waals surface area contributed by atoms with Gasteiger partial charge in [-0.15, -0.1) is 0 Å². The molecule has 1 aromatic carbocycles. The smallest absolute Gasteiger partial charge is 0.319 e. The van der Waals surface area contributed by atoms with Crippen LogP contribution in [0.5, 0.6) is 0 Å². The summed E-state index contributed by atoms with van der Waals surface area (Å²) in [7, 11) is 0. The molecular weight excluding hydrogens is 310 g/mol. The zero-order valence-electron chi connectivity index (χ0n) is 10.9. The monoisotopic (exact) mass is 327 g/mol. The summed E-state index contributed by atoms with van der Waals surface area (Å²) in [5.41, 5.74) is 5.93. The van der Waals surface area contributed by atoms with Gasteiger partial charge in [0, 0.05) is 10.2 Å². The van der Waals surface area contributed by atoms with Gasteiger partial charge in [0.1, 0.15) is 6.04 Å². The normalized spacial score (nSPS) is 13.4. The standard InChI is InChI=1S/C13H18BrN3O2/c1-3-8(2)11(12(15)18)17-13(19)16-10-6-4-9(14)5-7-10/h4-8,11H,3H2,1-2H3,(H2,15,18)(H2,16,17,19)/t8-,11-/m0/s1. The van der Waals surface area contributed by atoms with Gasteiger partial charge in [0.25, 0.3) is 0 Å². The van der Waals surface area contributed by atoms with Gasteiger partial charge in [0.15, 0.2) is 0 Å². The van der Waals surface area contributed by atoms with Crippen LogP contribution in [-0.4, -0.2) is 18.0 Å². The van der Waals surface area contributed by atoms with Crippen molar-refractivity contribution in [2.45, 2.75) is 26.3 Å². The second-order valence-corrected chi connectivity index (χ2v) is 5.29. The molecule has 2 atom stereocenters. The Balaban J connectivity index is 2.62. The largest absolute Gasteiger partial charge is 0.368 e. The van der Waals surface area contributed by atoms with Crippen molar-refractivity contribution >= 4 is 33.6 Å². The van der Waals surface area contributed by atoms with Crippen molar-refractivity contribution in [1.29, 1.82) is 0 Å². The van der Waals surface area contributed by atoms with Crippen LogP contribution in [0.1, 0.15) is 20.3 Å². The quantitative estimate of drug-likeness (QED) is 0.776. The van der Waals surface area contributed by atoms with Gasteiger partial charge in [-0.05, 0) is 30.2 Å². The summed E-state index contributed by atoms with van der Waals surface area (Å²) in [5, 5.41) is 5.25. The Kier molecular flexibility index (Phi) is 5.82. The summed E-state index contributed by atoms with van der Waals surface area (Å²) in [5.74, 6) is -0.534. The van der Waals surface area contributed by atoms with Crippen LogP contribution in [-0.2, 0) is 4.79 Å². The molecule has 0 bridgehead atoms. The van der Waals surface area contributed by atoms with Crippen molar-refractivity contribution < 1.29 is 9.59 Å². The van der Waals surface area contributed by atoms with Crippen LogP contribution < -0.4 is 16.4 Å². The Labute approximate surface area is 121 Å². The van der Waals surface area contributed by atoms with E-state index in [4.69, 9.17) is 5.73 Å². The molecule has 1 aromatic rings. The number of anilines is 1. The SMILES string of the molecule is CC[C@H](C)[C@H](NC(=O)Nc1ccc(Br)cc1)C(N)=O. The highest BCUT2D eigenvalue weighted by molar-refractivity contribution is 9.10. The van der Waals surface area contributed by atoms with Crippen LogP contribution in [0.2, 0.25) is 0 Å². The summed E-state index contributed by atoms with van der Waals surface area (Å²) >= 11 is 3.31. The highest BCUT2D eigenvalue weighted by Crippen LogP contribution is 2.14. The van der Waals surface area contributed by atoms with Gasteiger partial charge in [0.2, 0.25) is 5.91 Å². The lowest BCUT2D eigenvalue weighted by atomic mass is 9.99. The number of rotatable bonds is 5. The number of nitrogens with two attached hydrogens (primary N) is 1. The predicted molar refractivity (Wildman–Crippen MR) is 78.7 cm³/mol. The summed E-state index contributed by atoms with van der Waals surface area (Å²) in [6.07, 6.45) is 0.756. The molecule has 0 aromatic heterocycles. The van der Waals surface area contributed by atoms with Gasteiger partial charge in [-0.25, -0.2) is 4.79 Å². The van der Waals surface area contributed by atoms with E-state index >= 15 is 0 Å². The van der Waals surface area contributed by atoms with Gasteiger partial charge >= 0.3 is 6.03 Å². The molecule has 0 spiro atoms. The molecule has 0 heterocycles. The third-order valence-corrected chi connectivity index (χ3v) is 3.44. The van der Waals surface area contributed by atoms with Crippen LogP contribution in [0, 0.1) is 5.92 Å². The van der Waals surface area contributed by atoms with Crippen molar-refractivity contribution in [2.24, 2.45) is 11.7 Å². The van der Waals surface area contributed by atoms with Gasteiger partial charge in [-0.1, -0.05) is 36.2 Å². The summed E-state index contributed by atoms with van der Waals surface area (Å²) in [6, 6.07) is 6.04. The first-order chi connectivity index (χ1) is 8.93. The van der Waals surface area contributed by atoms with E-state index in [9.17, 15) is 9.59 Å². The average Bonchev–Trinajstić information content (AvgIpc) is 2.37. The van der Waals surface area contributed by atoms with Crippen LogP contribution in [0.15, 0.2) is 28.7 Å². The first kappa shape index (κ1) is 15.5. The predicted octanol–water partition coefficient (Wildman–Crippen LogP) is 2.47. The average molecular weight is 328 g/mol. The van der Waals surface area contributed by atoms with Gasteiger partial charge in [-0.2, -0.15) is 0 Å². The highest BCUT2D eigenvalue weighted by atomic mass is 79.9. The lowest BCUT2D eigenvalue weighted by Crippen LogP contribution is -2.49. The van der Waals surface area contributed by atoms with Gasteiger partial charge < -0.3 is 16.4 Å². The van der Waals surface area contributed by atoms with Crippen molar-refractivity contribution in [3.63, 3.8) is 0 Å². The Morgan fingerprint density at radius 2 is 1.89 bits per heavy atom. The van der Waals surface area contributed by atoms with Crippen LogP contribution in [0.25, 0.3) is 0 Å². The Morgan fingerprint density at radius 3 is 2.37 bits per heavy atom. The lowest BCUT2D eigenvalue weighted by molar-refractivity contribution is -0.120. The van der Waals surface area contributed by atoms with E-state index in [1.54, 1.807) is 12.1 Å². The minimum absolute atomic E-state index is 0.00633. The van der Waals surface area contributed by atoms with Gasteiger partial charge in [0.05, 0.1) is 0 Å². The second kappa shape index (κ2) is 7.13. The molecular formula is C13H18BrN3O2. The van der Waals surface area contributed by atoms with E-state index < -0.39 is 18.0 Å². The number of urea groups is 1. The van der Waals surface area contributed by atoms with Crippen LogP contribution in [0.3, 0.4) is 0 Å². The fraction of sp³-hybridized carbons (Fsp3) is 0.385. The molecule has 0 unspecified atom stereocenters. The molecule has 1 rings (SSSR count). The molecule has 104 valence electrons. The number of amides is 3. The Bertz CT molecular complexity index is 448. The van der Waals surface area contributed by atoms with E-state index in [0.717, 1.165) is 10.9 Å². The van der Waals surface area contributed by atoms with Crippen molar-refractivity contribution in [2.75, 3.05) is 5.32 Å². The first-order valence-corrected chi connectivity index (χ1v) is 6.85. The van der Waals surface area contributed by atoms with Crippen LogP contribution in [0.4, 0.5) is 10.5 Å². The fourth-order valence-electron chi connectivity index (χ4n) is 1.57. The van der Waals surface area contributed by atoms with Crippen molar-refractivity contribution in [1.82, 2.24) is 5.32 Å². The third kappa shape index (κ3) is 4.90. The maximum atomic E-state index is 11.8. The maximum Gasteiger partial charge on any atom is 0.319 e.